The van der Waals surface area contributed by atoms with Crippen LogP contribution in [0.2, 0.25) is 0 Å². The number of amides is 1. The highest BCUT2D eigenvalue weighted by Gasteiger charge is 2.37. The zero-order chi connectivity index (χ0) is 20.5. The van der Waals surface area contributed by atoms with Gasteiger partial charge in [0, 0.05) is 16.9 Å². The Morgan fingerprint density at radius 2 is 1.86 bits per heavy atom. The van der Waals surface area contributed by atoms with Crippen LogP contribution in [0.15, 0.2) is 57.8 Å². The lowest BCUT2D eigenvalue weighted by Gasteiger charge is -2.31. The number of hydrogen-bond acceptors (Lipinski definition) is 3. The lowest BCUT2D eigenvalue weighted by molar-refractivity contribution is -0.135. The molecule has 29 heavy (non-hydrogen) atoms. The fourth-order valence-corrected chi connectivity index (χ4v) is 4.11. The Labute approximate surface area is 178 Å². The lowest BCUT2D eigenvalue weighted by atomic mass is 10.1. The fraction of sp³-hybridized carbons (Fsp3) is 0.348. The van der Waals surface area contributed by atoms with Gasteiger partial charge in [0.05, 0.1) is 22.6 Å². The smallest absolute Gasteiger partial charge is 0.266 e. The summed E-state index contributed by atoms with van der Waals surface area (Å²) >= 11 is 3.46. The zero-order valence-electron chi connectivity index (χ0n) is 16.6. The molecule has 5 nitrogen and oxygen atoms in total. The summed E-state index contributed by atoms with van der Waals surface area (Å²) in [5.41, 5.74) is 1.30. The average Bonchev–Trinajstić information content (AvgIpc) is 3.58. The Kier molecular flexibility index (Phi) is 5.54. The third kappa shape index (κ3) is 3.73. The van der Waals surface area contributed by atoms with Gasteiger partial charge in [0.25, 0.3) is 5.56 Å². The van der Waals surface area contributed by atoms with E-state index in [1.807, 2.05) is 61.2 Å². The van der Waals surface area contributed by atoms with Crippen molar-refractivity contribution >= 4 is 32.7 Å². The van der Waals surface area contributed by atoms with E-state index in [9.17, 15) is 9.59 Å². The summed E-state index contributed by atoms with van der Waals surface area (Å²) < 4.78 is 2.61. The van der Waals surface area contributed by atoms with Crippen LogP contribution in [0.1, 0.15) is 45.0 Å². The zero-order valence-corrected chi connectivity index (χ0v) is 18.2. The Hall–Kier alpha value is -2.47. The van der Waals surface area contributed by atoms with Crippen molar-refractivity contribution in [2.45, 2.75) is 39.2 Å². The topological polar surface area (TPSA) is 55.2 Å². The molecule has 1 aromatic heterocycles. The molecular formula is C23H24BrN3O2. The number of nitrogens with zero attached hydrogens (tertiary/aromatic N) is 3. The molecule has 1 saturated carbocycles. The van der Waals surface area contributed by atoms with E-state index in [0.29, 0.717) is 29.7 Å². The van der Waals surface area contributed by atoms with E-state index < -0.39 is 0 Å². The molecule has 150 valence electrons. The van der Waals surface area contributed by atoms with Crippen molar-refractivity contribution in [2.75, 3.05) is 6.54 Å². The molecule has 2 aromatic carbocycles. The molecule has 1 aliphatic rings. The van der Waals surface area contributed by atoms with E-state index in [1.165, 1.54) is 0 Å². The van der Waals surface area contributed by atoms with Crippen molar-refractivity contribution in [1.29, 1.82) is 0 Å². The van der Waals surface area contributed by atoms with Crippen LogP contribution < -0.4 is 5.56 Å². The number of hydrogen-bond donors (Lipinski definition) is 0. The molecule has 1 unspecified atom stereocenters. The maximum Gasteiger partial charge on any atom is 0.266 e. The molecule has 1 aliphatic carbocycles. The van der Waals surface area contributed by atoms with Gasteiger partial charge in [-0.15, -0.1) is 0 Å². The van der Waals surface area contributed by atoms with Crippen LogP contribution >= 0.6 is 15.9 Å². The van der Waals surface area contributed by atoms with Gasteiger partial charge in [-0.05, 0) is 62.6 Å². The largest absolute Gasteiger partial charge is 0.333 e. The Bertz CT molecular complexity index is 1100. The molecule has 1 fully saturated rings. The number of para-hydroxylation sites is 1. The van der Waals surface area contributed by atoms with Gasteiger partial charge in [0.15, 0.2) is 0 Å². The molecular weight excluding hydrogens is 430 g/mol. The maximum absolute atomic E-state index is 13.5. The summed E-state index contributed by atoms with van der Waals surface area (Å²) in [5, 5.41) is 0.575. The number of halogens is 1. The second-order valence-electron chi connectivity index (χ2n) is 7.43. The van der Waals surface area contributed by atoms with Crippen LogP contribution in [0, 0.1) is 5.92 Å². The van der Waals surface area contributed by atoms with Crippen LogP contribution in [0.3, 0.4) is 0 Å². The quantitative estimate of drug-likeness (QED) is 0.535. The standard InChI is InChI=1S/C23H24BrN3O2/c1-3-20(26(4-2)22(28)15-9-10-15)21-25-19-8-6-5-7-18(19)23(29)27(21)17-13-11-16(24)12-14-17/h5-8,11-15,20H,3-4,9-10H2,1-2H3. The molecule has 0 radical (unpaired) electrons. The van der Waals surface area contributed by atoms with Gasteiger partial charge in [-0.1, -0.05) is 35.0 Å². The molecule has 1 amide bonds. The van der Waals surface area contributed by atoms with E-state index in [-0.39, 0.29) is 23.4 Å². The Balaban J connectivity index is 1.95. The van der Waals surface area contributed by atoms with Crippen LogP contribution in [0.5, 0.6) is 0 Å². The summed E-state index contributed by atoms with van der Waals surface area (Å²) in [6.45, 7) is 4.63. The minimum atomic E-state index is -0.256. The number of fused-ring (bicyclic) bond motifs is 1. The molecule has 0 aliphatic heterocycles. The highest BCUT2D eigenvalue weighted by Crippen LogP contribution is 2.35. The van der Waals surface area contributed by atoms with E-state index in [1.54, 1.807) is 10.6 Å². The van der Waals surface area contributed by atoms with Gasteiger partial charge in [0.2, 0.25) is 5.91 Å². The fourth-order valence-electron chi connectivity index (χ4n) is 3.85. The van der Waals surface area contributed by atoms with Crippen LogP contribution in [0.4, 0.5) is 0 Å². The number of aromatic nitrogens is 2. The minimum absolute atomic E-state index is 0.110. The Morgan fingerprint density at radius 3 is 2.48 bits per heavy atom. The highest BCUT2D eigenvalue weighted by atomic mass is 79.9. The number of rotatable bonds is 6. The van der Waals surface area contributed by atoms with Gasteiger partial charge in [-0.25, -0.2) is 4.98 Å². The summed E-state index contributed by atoms with van der Waals surface area (Å²) in [5.74, 6) is 0.913. The predicted octanol–water partition coefficient (Wildman–Crippen LogP) is 4.86. The Morgan fingerprint density at radius 1 is 1.17 bits per heavy atom. The van der Waals surface area contributed by atoms with Gasteiger partial charge < -0.3 is 4.90 Å². The first-order chi connectivity index (χ1) is 14.0. The number of carbonyl (C=O) groups is 1. The van der Waals surface area contributed by atoms with Crippen LogP contribution in [-0.2, 0) is 4.79 Å². The number of carbonyl (C=O) groups excluding carboxylic acids is 1. The molecule has 4 rings (SSSR count). The van der Waals surface area contributed by atoms with E-state index in [2.05, 4.69) is 15.9 Å². The van der Waals surface area contributed by atoms with E-state index in [4.69, 9.17) is 4.98 Å². The van der Waals surface area contributed by atoms with Crippen molar-refractivity contribution < 1.29 is 4.79 Å². The first kappa shape index (κ1) is 19.8. The van der Waals surface area contributed by atoms with Crippen molar-refractivity contribution in [3.63, 3.8) is 0 Å². The first-order valence-corrected chi connectivity index (χ1v) is 10.9. The SMILES string of the molecule is CCC(c1nc2ccccc2c(=O)n1-c1ccc(Br)cc1)N(CC)C(=O)C1CC1. The first-order valence-electron chi connectivity index (χ1n) is 10.1. The normalized spacial score (nSPS) is 14.7. The monoisotopic (exact) mass is 453 g/mol. The average molecular weight is 454 g/mol. The molecule has 1 heterocycles. The summed E-state index contributed by atoms with van der Waals surface area (Å²) in [4.78, 5) is 33.2. The number of benzene rings is 2. The molecule has 0 bridgehead atoms. The van der Waals surface area contributed by atoms with Gasteiger partial charge in [-0.3, -0.25) is 14.2 Å². The minimum Gasteiger partial charge on any atom is -0.333 e. The molecule has 1 atom stereocenters. The third-order valence-electron chi connectivity index (χ3n) is 5.50. The van der Waals surface area contributed by atoms with Crippen molar-refractivity contribution in [2.24, 2.45) is 5.92 Å². The summed E-state index contributed by atoms with van der Waals surface area (Å²) in [6.07, 6.45) is 2.60. The summed E-state index contributed by atoms with van der Waals surface area (Å²) in [7, 11) is 0. The van der Waals surface area contributed by atoms with Gasteiger partial charge in [0.1, 0.15) is 5.82 Å². The third-order valence-corrected chi connectivity index (χ3v) is 6.03. The molecule has 0 spiro atoms. The second-order valence-corrected chi connectivity index (χ2v) is 8.34. The summed E-state index contributed by atoms with van der Waals surface area (Å²) in [6, 6.07) is 14.8. The van der Waals surface area contributed by atoms with Gasteiger partial charge in [-0.2, -0.15) is 0 Å². The highest BCUT2D eigenvalue weighted by molar-refractivity contribution is 9.10. The van der Waals surface area contributed by atoms with Crippen molar-refractivity contribution in [3.8, 4) is 5.69 Å². The van der Waals surface area contributed by atoms with Crippen molar-refractivity contribution in [3.05, 3.63) is 69.2 Å². The molecule has 0 N–H and O–H groups in total. The predicted molar refractivity (Wildman–Crippen MR) is 118 cm³/mol. The molecule has 3 aromatic rings. The van der Waals surface area contributed by atoms with Crippen LogP contribution in [0.25, 0.3) is 16.6 Å². The van der Waals surface area contributed by atoms with Gasteiger partial charge >= 0.3 is 0 Å². The lowest BCUT2D eigenvalue weighted by Crippen LogP contribution is -2.39. The van der Waals surface area contributed by atoms with Crippen LogP contribution in [-0.4, -0.2) is 26.9 Å². The maximum atomic E-state index is 13.5. The second kappa shape index (κ2) is 8.11. The molecule has 6 heteroatoms. The van der Waals surface area contributed by atoms with Crippen molar-refractivity contribution in [1.82, 2.24) is 14.5 Å². The van der Waals surface area contributed by atoms with E-state index >= 15 is 0 Å². The molecule has 0 saturated heterocycles. The van der Waals surface area contributed by atoms with E-state index in [0.717, 1.165) is 23.0 Å².